The molecule has 0 aliphatic carbocycles. The van der Waals surface area contributed by atoms with E-state index in [1.54, 1.807) is 0 Å². The molecule has 0 saturated heterocycles. The Bertz CT molecular complexity index is 116. The lowest BCUT2D eigenvalue weighted by atomic mass is 10.0. The van der Waals surface area contributed by atoms with Crippen LogP contribution in [0.15, 0.2) is 0 Å². The maximum atomic E-state index is 8.83. The Morgan fingerprint density at radius 2 is 1.57 bits per heavy atom. The minimum absolute atomic E-state index is 0.165. The van der Waals surface area contributed by atoms with Crippen molar-refractivity contribution >= 4 is 0 Å². The first-order chi connectivity index (χ1) is 6.78. The zero-order valence-electron chi connectivity index (χ0n) is 9.02. The predicted molar refractivity (Wildman–Crippen MR) is 56.1 cm³/mol. The maximum Gasteiger partial charge on any atom is 0.0558 e. The highest BCUT2D eigenvalue weighted by Gasteiger charge is 2.11. The van der Waals surface area contributed by atoms with Gasteiger partial charge in [-0.05, 0) is 25.3 Å². The van der Waals surface area contributed by atoms with Gasteiger partial charge in [0.25, 0.3) is 0 Å². The minimum atomic E-state index is 0.165. The lowest BCUT2D eigenvalue weighted by Gasteiger charge is -2.24. The zero-order chi connectivity index (χ0) is 10.8. The molecule has 0 fully saturated rings. The highest BCUT2D eigenvalue weighted by molar-refractivity contribution is 4.65. The van der Waals surface area contributed by atoms with Crippen molar-refractivity contribution in [3.8, 4) is 0 Å². The summed E-state index contributed by atoms with van der Waals surface area (Å²) in [7, 11) is 0. The Morgan fingerprint density at radius 1 is 1.00 bits per heavy atom. The van der Waals surface area contributed by atoms with Gasteiger partial charge >= 0.3 is 0 Å². The van der Waals surface area contributed by atoms with Gasteiger partial charge in [0.15, 0.2) is 0 Å². The molecule has 14 heavy (non-hydrogen) atoms. The Morgan fingerprint density at radius 3 is 1.93 bits per heavy atom. The molecule has 0 bridgehead atoms. The summed E-state index contributed by atoms with van der Waals surface area (Å²) in [6, 6.07) is 0. The first kappa shape index (κ1) is 13.8. The summed E-state index contributed by atoms with van der Waals surface area (Å²) in [4.78, 5) is 2.13. The topological polar surface area (TPSA) is 63.9 Å². The third-order valence-electron chi connectivity index (χ3n) is 2.45. The number of nitrogens with zero attached hydrogens (tertiary/aromatic N) is 1. The van der Waals surface area contributed by atoms with Crippen molar-refractivity contribution < 1.29 is 15.3 Å². The lowest BCUT2D eigenvalue weighted by molar-refractivity contribution is 0.148. The third-order valence-corrected chi connectivity index (χ3v) is 2.45. The van der Waals surface area contributed by atoms with Gasteiger partial charge in [-0.2, -0.15) is 0 Å². The van der Waals surface area contributed by atoms with Crippen LogP contribution in [0.4, 0.5) is 0 Å². The van der Waals surface area contributed by atoms with Gasteiger partial charge in [0, 0.05) is 26.3 Å². The molecule has 0 radical (unpaired) electrons. The molecule has 3 N–H and O–H groups in total. The van der Waals surface area contributed by atoms with Gasteiger partial charge in [0.05, 0.1) is 6.61 Å². The molecule has 0 aromatic heterocycles. The summed E-state index contributed by atoms with van der Waals surface area (Å²) in [6.07, 6.45) is 1.45. The minimum Gasteiger partial charge on any atom is -0.396 e. The summed E-state index contributed by atoms with van der Waals surface area (Å²) in [5.74, 6) is 0.330. The monoisotopic (exact) mass is 205 g/mol. The first-order valence-electron chi connectivity index (χ1n) is 5.33. The van der Waals surface area contributed by atoms with E-state index in [0.717, 1.165) is 25.9 Å². The number of aliphatic hydroxyl groups excluding tert-OH is 3. The molecule has 0 aromatic rings. The number of likely N-dealkylation sites (N-methyl/N-ethyl adjacent to an activating group) is 1. The van der Waals surface area contributed by atoms with Crippen molar-refractivity contribution in [2.75, 3.05) is 39.5 Å². The van der Waals surface area contributed by atoms with Gasteiger partial charge in [-0.1, -0.05) is 6.92 Å². The average molecular weight is 205 g/mol. The van der Waals surface area contributed by atoms with Crippen molar-refractivity contribution in [2.24, 2.45) is 5.92 Å². The van der Waals surface area contributed by atoms with Crippen LogP contribution in [0.5, 0.6) is 0 Å². The molecule has 0 aliphatic rings. The van der Waals surface area contributed by atoms with E-state index in [2.05, 4.69) is 4.90 Å². The van der Waals surface area contributed by atoms with Crippen LogP contribution in [0.3, 0.4) is 0 Å². The molecular formula is C10H23NO3. The molecule has 0 aromatic carbocycles. The van der Waals surface area contributed by atoms with Crippen molar-refractivity contribution in [3.63, 3.8) is 0 Å². The van der Waals surface area contributed by atoms with E-state index in [0.29, 0.717) is 12.5 Å². The zero-order valence-corrected chi connectivity index (χ0v) is 9.02. The predicted octanol–water partition coefficient (Wildman–Crippen LogP) is -0.318. The molecule has 0 atom stereocenters. The summed E-state index contributed by atoms with van der Waals surface area (Å²) in [5, 5.41) is 26.5. The first-order valence-corrected chi connectivity index (χ1v) is 5.33. The molecule has 0 amide bonds. The Labute approximate surface area is 86.2 Å². The van der Waals surface area contributed by atoms with Crippen LogP contribution in [0.1, 0.15) is 19.8 Å². The van der Waals surface area contributed by atoms with E-state index in [4.69, 9.17) is 15.3 Å². The fourth-order valence-corrected chi connectivity index (χ4v) is 1.58. The van der Waals surface area contributed by atoms with Crippen LogP contribution < -0.4 is 0 Å². The summed E-state index contributed by atoms with van der Waals surface area (Å²) >= 11 is 0. The summed E-state index contributed by atoms with van der Waals surface area (Å²) in [6.45, 7) is 4.96. The highest BCUT2D eigenvalue weighted by Crippen LogP contribution is 2.09. The van der Waals surface area contributed by atoms with E-state index in [-0.39, 0.29) is 19.8 Å². The number of hydrogen-bond acceptors (Lipinski definition) is 4. The van der Waals surface area contributed by atoms with Gasteiger partial charge in [-0.15, -0.1) is 0 Å². The van der Waals surface area contributed by atoms with Crippen LogP contribution in [0, 0.1) is 5.92 Å². The standard InChI is InChI=1S/C10H23NO3/c1-2-11(5-8-14)9-10(3-6-12)4-7-13/h10,12-14H,2-9H2,1H3. The molecular weight excluding hydrogens is 182 g/mol. The molecule has 0 rings (SSSR count). The van der Waals surface area contributed by atoms with E-state index in [1.165, 1.54) is 0 Å². The van der Waals surface area contributed by atoms with E-state index >= 15 is 0 Å². The molecule has 4 nitrogen and oxygen atoms in total. The van der Waals surface area contributed by atoms with Crippen LogP contribution in [-0.4, -0.2) is 59.7 Å². The van der Waals surface area contributed by atoms with Gasteiger partial charge in [-0.25, -0.2) is 0 Å². The van der Waals surface area contributed by atoms with Crippen molar-refractivity contribution in [2.45, 2.75) is 19.8 Å². The third kappa shape index (κ3) is 6.32. The van der Waals surface area contributed by atoms with Gasteiger partial charge in [0.1, 0.15) is 0 Å². The fourth-order valence-electron chi connectivity index (χ4n) is 1.58. The largest absolute Gasteiger partial charge is 0.396 e. The molecule has 0 saturated carbocycles. The Balaban J connectivity index is 3.83. The molecule has 0 heterocycles. The number of rotatable bonds is 9. The normalized spacial score (nSPS) is 11.6. The van der Waals surface area contributed by atoms with Crippen molar-refractivity contribution in [1.82, 2.24) is 4.90 Å². The van der Waals surface area contributed by atoms with E-state index < -0.39 is 0 Å². The van der Waals surface area contributed by atoms with Crippen LogP contribution in [0.2, 0.25) is 0 Å². The molecule has 0 spiro atoms. The molecule has 86 valence electrons. The second-order valence-electron chi connectivity index (χ2n) is 3.51. The SMILES string of the molecule is CCN(CCO)CC(CCO)CCO. The van der Waals surface area contributed by atoms with Crippen molar-refractivity contribution in [1.29, 1.82) is 0 Å². The maximum absolute atomic E-state index is 8.83. The van der Waals surface area contributed by atoms with Crippen LogP contribution >= 0.6 is 0 Å². The molecule has 0 aliphatic heterocycles. The van der Waals surface area contributed by atoms with Gasteiger partial charge in [0.2, 0.25) is 0 Å². The number of hydrogen-bond donors (Lipinski definition) is 3. The lowest BCUT2D eigenvalue weighted by Crippen LogP contribution is -2.32. The second kappa shape index (κ2) is 9.40. The van der Waals surface area contributed by atoms with Gasteiger partial charge < -0.3 is 20.2 Å². The van der Waals surface area contributed by atoms with Gasteiger partial charge in [-0.3, -0.25) is 0 Å². The molecule has 4 heteroatoms. The van der Waals surface area contributed by atoms with E-state index in [1.807, 2.05) is 6.92 Å². The smallest absolute Gasteiger partial charge is 0.0558 e. The van der Waals surface area contributed by atoms with E-state index in [9.17, 15) is 0 Å². The summed E-state index contributed by atoms with van der Waals surface area (Å²) < 4.78 is 0. The summed E-state index contributed by atoms with van der Waals surface area (Å²) in [5.41, 5.74) is 0. The molecule has 0 unspecified atom stereocenters. The highest BCUT2D eigenvalue weighted by atomic mass is 16.3. The average Bonchev–Trinajstić information content (AvgIpc) is 2.18. The Hall–Kier alpha value is -0.160. The quantitative estimate of drug-likeness (QED) is 0.483. The number of aliphatic hydroxyl groups is 3. The van der Waals surface area contributed by atoms with Crippen LogP contribution in [0.25, 0.3) is 0 Å². The Kier molecular flexibility index (Phi) is 9.29. The van der Waals surface area contributed by atoms with Crippen molar-refractivity contribution in [3.05, 3.63) is 0 Å². The second-order valence-corrected chi connectivity index (χ2v) is 3.51. The fraction of sp³-hybridized carbons (Fsp3) is 1.00. The van der Waals surface area contributed by atoms with Crippen LogP contribution in [-0.2, 0) is 0 Å².